The molecule has 0 saturated heterocycles. The van der Waals surface area contributed by atoms with Crippen LogP contribution in [-0.2, 0) is 12.8 Å². The lowest BCUT2D eigenvalue weighted by Crippen LogP contribution is -2.17. The van der Waals surface area contributed by atoms with Gasteiger partial charge in [-0.2, -0.15) is 0 Å². The first-order valence-corrected chi connectivity index (χ1v) is 22.6. The lowest BCUT2D eigenvalue weighted by Gasteiger charge is -2.33. The fourth-order valence-electron chi connectivity index (χ4n) is 10.1. The summed E-state index contributed by atoms with van der Waals surface area (Å²) >= 11 is 0. The molecule has 63 heavy (non-hydrogen) atoms. The van der Waals surface area contributed by atoms with Gasteiger partial charge in [0, 0.05) is 34.2 Å². The Hall–Kier alpha value is -7.42. The zero-order valence-electron chi connectivity index (χ0n) is 35.7. The van der Waals surface area contributed by atoms with Crippen LogP contribution in [0.4, 0.5) is 28.4 Å². The average molecular weight is 811 g/mol. The van der Waals surface area contributed by atoms with E-state index < -0.39 is 0 Å². The Bertz CT molecular complexity index is 3050. The highest BCUT2D eigenvalue weighted by atomic mass is 15.1. The Morgan fingerprint density at radius 3 is 1.65 bits per heavy atom. The second kappa shape index (κ2) is 16.8. The lowest BCUT2D eigenvalue weighted by atomic mass is 9.74. The third-order valence-electron chi connectivity index (χ3n) is 13.4. The topological polar surface area (TPSA) is 15.3 Å². The van der Waals surface area contributed by atoms with Gasteiger partial charge in [0.15, 0.2) is 0 Å². The predicted octanol–water partition coefficient (Wildman–Crippen LogP) is 16.8. The summed E-state index contributed by atoms with van der Waals surface area (Å²) in [6, 6.07) is 61.8. The van der Waals surface area contributed by atoms with Crippen molar-refractivity contribution in [1.82, 2.24) is 0 Å². The fraction of sp³-hybridized carbons (Fsp3) is 0.115. The Labute approximate surface area is 371 Å². The van der Waals surface area contributed by atoms with Gasteiger partial charge in [0.05, 0.1) is 5.69 Å². The highest BCUT2D eigenvalue weighted by Crippen LogP contribution is 2.47. The number of allylic oxidation sites excluding steroid dienone is 6. The van der Waals surface area contributed by atoms with Crippen LogP contribution in [0.2, 0.25) is 0 Å². The molecule has 0 spiro atoms. The van der Waals surface area contributed by atoms with Gasteiger partial charge in [-0.15, -0.1) is 0 Å². The van der Waals surface area contributed by atoms with Crippen LogP contribution < -0.4 is 10.2 Å². The molecule has 0 radical (unpaired) electrons. The van der Waals surface area contributed by atoms with E-state index >= 15 is 0 Å². The monoisotopic (exact) mass is 810 g/mol. The minimum Gasteiger partial charge on any atom is -0.355 e. The van der Waals surface area contributed by atoms with Gasteiger partial charge in [-0.25, -0.2) is 0 Å². The predicted molar refractivity (Wildman–Crippen MR) is 270 cm³/mol. The van der Waals surface area contributed by atoms with Crippen molar-refractivity contribution in [2.45, 2.75) is 38.5 Å². The van der Waals surface area contributed by atoms with E-state index in [0.29, 0.717) is 11.8 Å². The van der Waals surface area contributed by atoms with Crippen LogP contribution in [0.1, 0.15) is 53.5 Å². The summed E-state index contributed by atoms with van der Waals surface area (Å²) in [5.41, 5.74) is 20.3. The maximum absolute atomic E-state index is 4.00. The second-order valence-corrected chi connectivity index (χ2v) is 17.2. The molecule has 2 atom stereocenters. The molecule has 304 valence electrons. The maximum atomic E-state index is 4.00. The minimum absolute atomic E-state index is 0.316. The molecule has 11 rings (SSSR count). The minimum atomic E-state index is 0.316. The number of hydrogen-bond acceptors (Lipinski definition) is 2. The molecule has 1 N–H and O–H groups in total. The van der Waals surface area contributed by atoms with Gasteiger partial charge in [-0.1, -0.05) is 177 Å². The number of nitrogens with zero attached hydrogens (tertiary/aromatic N) is 1. The summed E-state index contributed by atoms with van der Waals surface area (Å²) in [4.78, 5) is 2.36. The van der Waals surface area contributed by atoms with Crippen molar-refractivity contribution in [2.24, 2.45) is 5.92 Å². The van der Waals surface area contributed by atoms with E-state index in [1.165, 1.54) is 72.1 Å². The SMILES string of the molecule is CC1C=CC=CC1c1c2c(c3c(c1Nc1ccc(-c4ccc(N(c5ccc(-c6ccccc6)cc5)c5ccc(-c6cccc7ccccc67)cc5)cc4)cc1)C=CCC3)CCC=C2. The van der Waals surface area contributed by atoms with Crippen LogP contribution in [0.5, 0.6) is 0 Å². The normalized spacial score (nSPS) is 16.1. The van der Waals surface area contributed by atoms with Crippen LogP contribution in [0.25, 0.3) is 56.3 Å². The summed E-state index contributed by atoms with van der Waals surface area (Å²) in [6.45, 7) is 2.35. The number of rotatable bonds is 9. The largest absolute Gasteiger partial charge is 0.355 e. The molecule has 0 heterocycles. The number of benzene rings is 8. The number of nitrogens with one attached hydrogen (secondary N) is 1. The van der Waals surface area contributed by atoms with Crippen LogP contribution in [-0.4, -0.2) is 0 Å². The summed E-state index contributed by atoms with van der Waals surface area (Å²) in [5.74, 6) is 0.737. The van der Waals surface area contributed by atoms with Crippen LogP contribution in [0.15, 0.2) is 206 Å². The van der Waals surface area contributed by atoms with Crippen molar-refractivity contribution in [3.8, 4) is 33.4 Å². The Morgan fingerprint density at radius 2 is 1.00 bits per heavy atom. The van der Waals surface area contributed by atoms with Gasteiger partial charge in [0.1, 0.15) is 0 Å². The van der Waals surface area contributed by atoms with Crippen molar-refractivity contribution >= 4 is 51.4 Å². The van der Waals surface area contributed by atoms with E-state index in [1.54, 1.807) is 5.56 Å². The van der Waals surface area contributed by atoms with Gasteiger partial charge in [-0.3, -0.25) is 0 Å². The first-order chi connectivity index (χ1) is 31.2. The Kier molecular flexibility index (Phi) is 10.3. The van der Waals surface area contributed by atoms with E-state index in [4.69, 9.17) is 0 Å². The number of hydrogen-bond donors (Lipinski definition) is 1. The van der Waals surface area contributed by atoms with E-state index in [1.807, 2.05) is 0 Å². The fourth-order valence-corrected chi connectivity index (χ4v) is 10.1. The van der Waals surface area contributed by atoms with Gasteiger partial charge < -0.3 is 10.2 Å². The summed E-state index contributed by atoms with van der Waals surface area (Å²) in [7, 11) is 0. The molecule has 3 aliphatic rings. The Morgan fingerprint density at radius 1 is 0.476 bits per heavy atom. The molecule has 0 aromatic heterocycles. The summed E-state index contributed by atoms with van der Waals surface area (Å²) in [5, 5.41) is 6.51. The quantitative estimate of drug-likeness (QED) is 0.156. The van der Waals surface area contributed by atoms with Gasteiger partial charge in [-0.05, 0) is 147 Å². The molecule has 2 heteroatoms. The van der Waals surface area contributed by atoms with Crippen LogP contribution >= 0.6 is 0 Å². The molecule has 8 aromatic rings. The first kappa shape index (κ1) is 38.5. The van der Waals surface area contributed by atoms with Gasteiger partial charge >= 0.3 is 0 Å². The third-order valence-corrected chi connectivity index (χ3v) is 13.4. The highest BCUT2D eigenvalue weighted by molar-refractivity contribution is 5.97. The molecule has 0 fully saturated rings. The molecule has 0 bridgehead atoms. The Balaban J connectivity index is 0.913. The zero-order chi connectivity index (χ0) is 42.1. The van der Waals surface area contributed by atoms with Gasteiger partial charge in [0.2, 0.25) is 0 Å². The lowest BCUT2D eigenvalue weighted by molar-refractivity contribution is 0.634. The molecule has 2 unspecified atom stereocenters. The summed E-state index contributed by atoms with van der Waals surface area (Å²) < 4.78 is 0. The summed E-state index contributed by atoms with van der Waals surface area (Å²) in [6.07, 6.45) is 23.2. The third kappa shape index (κ3) is 7.42. The van der Waals surface area contributed by atoms with Crippen molar-refractivity contribution in [3.05, 3.63) is 234 Å². The molecule has 0 saturated carbocycles. The smallest absolute Gasteiger partial charge is 0.0505 e. The van der Waals surface area contributed by atoms with E-state index in [9.17, 15) is 0 Å². The molecule has 0 amide bonds. The molecular weight excluding hydrogens is 761 g/mol. The number of fused-ring (bicyclic) bond motifs is 4. The van der Waals surface area contributed by atoms with E-state index in [2.05, 4.69) is 236 Å². The number of anilines is 5. The van der Waals surface area contributed by atoms with Gasteiger partial charge in [0.25, 0.3) is 0 Å². The molecule has 2 nitrogen and oxygen atoms in total. The molecule has 3 aliphatic carbocycles. The maximum Gasteiger partial charge on any atom is 0.0505 e. The molecule has 8 aromatic carbocycles. The van der Waals surface area contributed by atoms with Crippen LogP contribution in [0.3, 0.4) is 0 Å². The van der Waals surface area contributed by atoms with E-state index in [-0.39, 0.29) is 0 Å². The molecular formula is C61H50N2. The highest BCUT2D eigenvalue weighted by Gasteiger charge is 2.29. The van der Waals surface area contributed by atoms with Crippen LogP contribution in [0, 0.1) is 5.92 Å². The zero-order valence-corrected chi connectivity index (χ0v) is 35.7. The van der Waals surface area contributed by atoms with Crippen molar-refractivity contribution < 1.29 is 0 Å². The van der Waals surface area contributed by atoms with Crippen molar-refractivity contribution in [1.29, 1.82) is 0 Å². The first-order valence-electron chi connectivity index (χ1n) is 22.6. The second-order valence-electron chi connectivity index (χ2n) is 17.2. The van der Waals surface area contributed by atoms with E-state index in [0.717, 1.165) is 48.4 Å². The van der Waals surface area contributed by atoms with Crippen molar-refractivity contribution in [2.75, 3.05) is 10.2 Å². The van der Waals surface area contributed by atoms with Crippen molar-refractivity contribution in [3.63, 3.8) is 0 Å². The average Bonchev–Trinajstić information content (AvgIpc) is 3.35. The standard InChI is InChI=1S/C61H50N2/c1-42-14-5-7-19-53(42)60-58-23-11-9-21-56(58)57-22-10-12-24-59(57)61(60)62-49-34-26-44(27-35-49)46-30-38-51(39-31-46)63(50-36-28-45(29-37-50)43-15-3-2-4-16-43)52-40-32-48(33-41-52)55-25-13-18-47-17-6-8-20-54(47)55/h2-8,11-20,23-42,53,62H,9-10,21-22H2,1H3. The molecule has 0 aliphatic heterocycles.